The fraction of sp³-hybridized carbons (Fsp3) is 0.350. The molecule has 0 bridgehead atoms. The van der Waals surface area contributed by atoms with Crippen LogP contribution in [0, 0.1) is 21.8 Å². The van der Waals surface area contributed by atoms with E-state index >= 15 is 0 Å². The van der Waals surface area contributed by atoms with Crippen LogP contribution in [0.15, 0.2) is 48.5 Å². The first-order valence-electron chi connectivity index (χ1n) is 8.77. The monoisotopic (exact) mass is 356 g/mol. The third-order valence-corrected chi connectivity index (χ3v) is 4.91. The van der Waals surface area contributed by atoms with Crippen molar-refractivity contribution in [3.05, 3.63) is 75.6 Å². The lowest BCUT2D eigenvalue weighted by atomic mass is 9.90. The van der Waals surface area contributed by atoms with E-state index in [1.54, 1.807) is 35.2 Å². The number of piperidine rings is 1. The summed E-state index contributed by atoms with van der Waals surface area (Å²) in [6.07, 6.45) is 2.58. The molecule has 1 fully saturated rings. The SMILES string of the molecule is O=C(Cc1ccccc1[N+](=O)[O-])N1CCC(Cc2cccc(F)c2)CC1. The van der Waals surface area contributed by atoms with Crippen molar-refractivity contribution in [3.63, 3.8) is 0 Å². The minimum Gasteiger partial charge on any atom is -0.342 e. The lowest BCUT2D eigenvalue weighted by Crippen LogP contribution is -2.39. The van der Waals surface area contributed by atoms with Gasteiger partial charge in [-0.25, -0.2) is 4.39 Å². The van der Waals surface area contributed by atoms with Gasteiger partial charge in [0.05, 0.1) is 11.3 Å². The van der Waals surface area contributed by atoms with Gasteiger partial charge in [-0.1, -0.05) is 30.3 Å². The number of nitrogens with zero attached hydrogens (tertiary/aromatic N) is 2. The average Bonchev–Trinajstić information content (AvgIpc) is 2.62. The molecule has 5 nitrogen and oxygen atoms in total. The van der Waals surface area contributed by atoms with Crippen LogP contribution >= 0.6 is 0 Å². The predicted octanol–water partition coefficient (Wildman–Crippen LogP) is 3.76. The van der Waals surface area contributed by atoms with Gasteiger partial charge in [0, 0.05) is 24.7 Å². The summed E-state index contributed by atoms with van der Waals surface area (Å²) in [5.41, 5.74) is 1.42. The topological polar surface area (TPSA) is 63.4 Å². The molecule has 1 aliphatic rings. The second kappa shape index (κ2) is 8.08. The summed E-state index contributed by atoms with van der Waals surface area (Å²) >= 11 is 0. The molecule has 1 amide bonds. The van der Waals surface area contributed by atoms with E-state index in [4.69, 9.17) is 0 Å². The van der Waals surface area contributed by atoms with Crippen LogP contribution in [0.3, 0.4) is 0 Å². The third-order valence-electron chi connectivity index (χ3n) is 4.91. The molecular weight excluding hydrogens is 335 g/mol. The van der Waals surface area contributed by atoms with E-state index in [1.807, 2.05) is 6.07 Å². The number of benzene rings is 2. The number of carbonyl (C=O) groups is 1. The maximum absolute atomic E-state index is 13.3. The number of hydrogen-bond donors (Lipinski definition) is 0. The molecule has 2 aromatic carbocycles. The highest BCUT2D eigenvalue weighted by Gasteiger charge is 2.25. The summed E-state index contributed by atoms with van der Waals surface area (Å²) in [7, 11) is 0. The van der Waals surface area contributed by atoms with E-state index < -0.39 is 4.92 Å². The van der Waals surface area contributed by atoms with Crippen LogP contribution < -0.4 is 0 Å². The van der Waals surface area contributed by atoms with Crippen molar-refractivity contribution in [1.29, 1.82) is 0 Å². The highest BCUT2D eigenvalue weighted by Crippen LogP contribution is 2.24. The standard InChI is InChI=1S/C20H21FN2O3/c21-18-6-3-4-16(13-18)12-15-8-10-22(11-9-15)20(24)14-17-5-1-2-7-19(17)23(25)26/h1-7,13,15H,8-12,14H2. The molecule has 1 heterocycles. The highest BCUT2D eigenvalue weighted by atomic mass is 19.1. The van der Waals surface area contributed by atoms with E-state index in [1.165, 1.54) is 12.1 Å². The molecule has 0 atom stereocenters. The molecule has 26 heavy (non-hydrogen) atoms. The Morgan fingerprint density at radius 3 is 2.58 bits per heavy atom. The summed E-state index contributed by atoms with van der Waals surface area (Å²) in [6, 6.07) is 13.0. The highest BCUT2D eigenvalue weighted by molar-refractivity contribution is 5.80. The summed E-state index contributed by atoms with van der Waals surface area (Å²) in [5, 5.41) is 11.1. The molecule has 0 aromatic heterocycles. The second-order valence-electron chi connectivity index (χ2n) is 6.72. The van der Waals surface area contributed by atoms with Crippen LogP contribution in [0.1, 0.15) is 24.0 Å². The second-order valence-corrected chi connectivity index (χ2v) is 6.72. The Morgan fingerprint density at radius 2 is 1.88 bits per heavy atom. The normalized spacial score (nSPS) is 15.0. The first-order chi connectivity index (χ1) is 12.5. The van der Waals surface area contributed by atoms with E-state index in [0.717, 1.165) is 24.8 Å². The van der Waals surface area contributed by atoms with Crippen LogP contribution in [-0.4, -0.2) is 28.8 Å². The summed E-state index contributed by atoms with van der Waals surface area (Å²) in [5.74, 6) is 0.120. The van der Waals surface area contributed by atoms with Gasteiger partial charge in [-0.2, -0.15) is 0 Å². The third kappa shape index (κ3) is 4.45. The van der Waals surface area contributed by atoms with Crippen molar-refractivity contribution >= 4 is 11.6 Å². The van der Waals surface area contributed by atoms with E-state index in [0.29, 0.717) is 24.6 Å². The predicted molar refractivity (Wildman–Crippen MR) is 96.2 cm³/mol. The van der Waals surface area contributed by atoms with Crippen LogP contribution in [0.4, 0.5) is 10.1 Å². The fourth-order valence-electron chi connectivity index (χ4n) is 3.50. The number of amides is 1. The molecule has 0 unspecified atom stereocenters. The molecule has 6 heteroatoms. The smallest absolute Gasteiger partial charge is 0.273 e. The van der Waals surface area contributed by atoms with Crippen LogP contribution in [0.25, 0.3) is 0 Å². The van der Waals surface area contributed by atoms with Gasteiger partial charge in [0.1, 0.15) is 5.82 Å². The Balaban J connectivity index is 1.55. The number of carbonyl (C=O) groups excluding carboxylic acids is 1. The number of nitro benzene ring substituents is 1. The van der Waals surface area contributed by atoms with Crippen molar-refractivity contribution in [3.8, 4) is 0 Å². The zero-order valence-corrected chi connectivity index (χ0v) is 14.4. The van der Waals surface area contributed by atoms with E-state index in [2.05, 4.69) is 0 Å². The van der Waals surface area contributed by atoms with Crippen molar-refractivity contribution < 1.29 is 14.1 Å². The van der Waals surface area contributed by atoms with Gasteiger partial charge in [0.25, 0.3) is 5.69 Å². The van der Waals surface area contributed by atoms with E-state index in [-0.39, 0.29) is 23.8 Å². The molecule has 0 aliphatic carbocycles. The van der Waals surface area contributed by atoms with Crippen LogP contribution in [0.5, 0.6) is 0 Å². The summed E-state index contributed by atoms with van der Waals surface area (Å²) < 4.78 is 13.3. The number of halogens is 1. The molecular formula is C20H21FN2O3. The molecule has 1 aliphatic heterocycles. The molecule has 2 aromatic rings. The van der Waals surface area contributed by atoms with Crippen molar-refractivity contribution in [2.45, 2.75) is 25.7 Å². The number of nitro groups is 1. The Labute approximate surface area is 151 Å². The van der Waals surface area contributed by atoms with Crippen LogP contribution in [0.2, 0.25) is 0 Å². The summed E-state index contributed by atoms with van der Waals surface area (Å²) in [6.45, 7) is 1.28. The molecule has 0 spiro atoms. The van der Waals surface area contributed by atoms with Crippen LogP contribution in [-0.2, 0) is 17.6 Å². The minimum absolute atomic E-state index is 0.0122. The van der Waals surface area contributed by atoms with Gasteiger partial charge in [0.2, 0.25) is 5.91 Å². The molecule has 0 N–H and O–H groups in total. The first kappa shape index (κ1) is 18.0. The molecule has 136 valence electrons. The Kier molecular flexibility index (Phi) is 5.61. The number of rotatable bonds is 5. The average molecular weight is 356 g/mol. The quantitative estimate of drug-likeness (QED) is 0.605. The van der Waals surface area contributed by atoms with Gasteiger partial charge >= 0.3 is 0 Å². The lowest BCUT2D eigenvalue weighted by molar-refractivity contribution is -0.385. The van der Waals surface area contributed by atoms with Crippen molar-refractivity contribution in [2.24, 2.45) is 5.92 Å². The molecule has 3 rings (SSSR count). The number of hydrogen-bond acceptors (Lipinski definition) is 3. The minimum atomic E-state index is -0.451. The first-order valence-corrected chi connectivity index (χ1v) is 8.77. The van der Waals surface area contributed by atoms with Gasteiger partial charge in [-0.3, -0.25) is 14.9 Å². The maximum Gasteiger partial charge on any atom is 0.273 e. The van der Waals surface area contributed by atoms with E-state index in [9.17, 15) is 19.3 Å². The maximum atomic E-state index is 13.3. The molecule has 0 radical (unpaired) electrons. The Morgan fingerprint density at radius 1 is 1.15 bits per heavy atom. The van der Waals surface area contributed by atoms with Gasteiger partial charge in [-0.15, -0.1) is 0 Å². The number of likely N-dealkylation sites (tertiary alicyclic amines) is 1. The number of para-hydroxylation sites is 1. The molecule has 0 saturated carbocycles. The lowest BCUT2D eigenvalue weighted by Gasteiger charge is -2.32. The fourth-order valence-corrected chi connectivity index (χ4v) is 3.50. The van der Waals surface area contributed by atoms with Gasteiger partial charge in [0.15, 0.2) is 0 Å². The summed E-state index contributed by atoms with van der Waals surface area (Å²) in [4.78, 5) is 24.9. The van der Waals surface area contributed by atoms with Crippen molar-refractivity contribution in [1.82, 2.24) is 4.90 Å². The molecule has 1 saturated heterocycles. The largest absolute Gasteiger partial charge is 0.342 e. The Hall–Kier alpha value is -2.76. The van der Waals surface area contributed by atoms with Gasteiger partial charge in [-0.05, 0) is 42.9 Å². The van der Waals surface area contributed by atoms with Crippen molar-refractivity contribution in [2.75, 3.05) is 13.1 Å². The van der Waals surface area contributed by atoms with Gasteiger partial charge < -0.3 is 4.90 Å². The zero-order valence-electron chi connectivity index (χ0n) is 14.4. The Bertz CT molecular complexity index is 801. The zero-order chi connectivity index (χ0) is 18.5.